The van der Waals surface area contributed by atoms with Crippen molar-refractivity contribution in [1.82, 2.24) is 0 Å². The normalized spacial score (nSPS) is 14.5. The lowest BCUT2D eigenvalue weighted by molar-refractivity contribution is -0.384. The van der Waals surface area contributed by atoms with Crippen LogP contribution < -0.4 is 9.62 Å². The Morgan fingerprint density at radius 1 is 1.08 bits per heavy atom. The summed E-state index contributed by atoms with van der Waals surface area (Å²) >= 11 is 0. The van der Waals surface area contributed by atoms with Crippen LogP contribution in [0, 0.1) is 24.0 Å². The van der Waals surface area contributed by atoms with Gasteiger partial charge < -0.3 is 4.90 Å². The summed E-state index contributed by atoms with van der Waals surface area (Å²) in [6.45, 7) is 5.22. The second-order valence-electron chi connectivity index (χ2n) is 6.53. The first-order chi connectivity index (χ1) is 12.3. The molecule has 1 aliphatic heterocycles. The molecule has 0 bridgehead atoms. The molecule has 0 atom stereocenters. The quantitative estimate of drug-likeness (QED) is 0.636. The molecule has 0 amide bonds. The van der Waals surface area contributed by atoms with Crippen molar-refractivity contribution in [2.24, 2.45) is 0 Å². The van der Waals surface area contributed by atoms with Crippen LogP contribution >= 0.6 is 0 Å². The van der Waals surface area contributed by atoms with Gasteiger partial charge in [-0.25, -0.2) is 8.42 Å². The lowest BCUT2D eigenvalue weighted by atomic mass is 10.1. The Morgan fingerprint density at radius 2 is 1.77 bits per heavy atom. The number of nitro benzene ring substituents is 1. The van der Waals surface area contributed by atoms with Gasteiger partial charge in [-0.15, -0.1) is 0 Å². The van der Waals surface area contributed by atoms with E-state index in [0.29, 0.717) is 11.4 Å². The largest absolute Gasteiger partial charge is 0.366 e. The van der Waals surface area contributed by atoms with Crippen LogP contribution in [0.4, 0.5) is 17.1 Å². The number of hydrogen-bond donors (Lipinski definition) is 1. The SMILES string of the molecule is Cc1ccc(NS(=O)(=O)c2ccc(N3CCCC3)c([N+](=O)[O-])c2)c(C)c1. The van der Waals surface area contributed by atoms with E-state index in [1.165, 1.54) is 12.1 Å². The molecule has 7 nitrogen and oxygen atoms in total. The third-order valence-electron chi connectivity index (χ3n) is 4.53. The van der Waals surface area contributed by atoms with Gasteiger partial charge in [-0.1, -0.05) is 17.7 Å². The Labute approximate surface area is 152 Å². The summed E-state index contributed by atoms with van der Waals surface area (Å²) in [6.07, 6.45) is 1.96. The zero-order valence-corrected chi connectivity index (χ0v) is 15.5. The second kappa shape index (κ2) is 6.95. The number of aryl methyl sites for hydroxylation is 2. The van der Waals surface area contributed by atoms with Crippen LogP contribution in [0.3, 0.4) is 0 Å². The van der Waals surface area contributed by atoms with Crippen LogP contribution in [0.2, 0.25) is 0 Å². The minimum atomic E-state index is -3.92. The van der Waals surface area contributed by atoms with Gasteiger partial charge in [0.2, 0.25) is 0 Å². The molecule has 3 rings (SSSR count). The van der Waals surface area contributed by atoms with Crippen molar-refractivity contribution in [3.05, 3.63) is 57.6 Å². The summed E-state index contributed by atoms with van der Waals surface area (Å²) in [5, 5.41) is 11.5. The molecule has 1 fully saturated rings. The Bertz CT molecular complexity index is 951. The molecule has 0 saturated carbocycles. The van der Waals surface area contributed by atoms with Gasteiger partial charge >= 0.3 is 0 Å². The number of nitrogens with one attached hydrogen (secondary N) is 1. The first-order valence-corrected chi connectivity index (χ1v) is 9.90. The Hall–Kier alpha value is -2.61. The molecular weight excluding hydrogens is 354 g/mol. The van der Waals surface area contributed by atoms with E-state index in [0.717, 1.165) is 43.1 Å². The van der Waals surface area contributed by atoms with Gasteiger partial charge in [0.25, 0.3) is 15.7 Å². The molecule has 0 radical (unpaired) electrons. The maximum atomic E-state index is 12.7. The third-order valence-corrected chi connectivity index (χ3v) is 5.89. The maximum absolute atomic E-state index is 12.7. The van der Waals surface area contributed by atoms with Crippen molar-refractivity contribution in [2.45, 2.75) is 31.6 Å². The third kappa shape index (κ3) is 3.65. The molecule has 0 aromatic heterocycles. The molecule has 2 aromatic carbocycles. The monoisotopic (exact) mass is 375 g/mol. The van der Waals surface area contributed by atoms with Crippen molar-refractivity contribution in [2.75, 3.05) is 22.7 Å². The number of rotatable bonds is 5. The molecular formula is C18H21N3O4S. The van der Waals surface area contributed by atoms with Crippen LogP contribution in [0.5, 0.6) is 0 Å². The highest BCUT2D eigenvalue weighted by molar-refractivity contribution is 7.92. The van der Waals surface area contributed by atoms with Crippen LogP contribution in [0.25, 0.3) is 0 Å². The van der Waals surface area contributed by atoms with Crippen LogP contribution in [-0.4, -0.2) is 26.4 Å². The molecule has 26 heavy (non-hydrogen) atoms. The number of benzene rings is 2. The Balaban J connectivity index is 1.96. The number of anilines is 2. The highest BCUT2D eigenvalue weighted by Crippen LogP contribution is 2.33. The van der Waals surface area contributed by atoms with Gasteiger partial charge in [-0.2, -0.15) is 0 Å². The predicted molar refractivity (Wildman–Crippen MR) is 101 cm³/mol. The molecule has 0 spiro atoms. The molecule has 1 saturated heterocycles. The minimum absolute atomic E-state index is 0.118. The Morgan fingerprint density at radius 3 is 2.38 bits per heavy atom. The first-order valence-electron chi connectivity index (χ1n) is 8.41. The Kier molecular flexibility index (Phi) is 4.86. The summed E-state index contributed by atoms with van der Waals surface area (Å²) in [6, 6.07) is 9.46. The lowest BCUT2D eigenvalue weighted by Crippen LogP contribution is -2.20. The maximum Gasteiger partial charge on any atom is 0.293 e. The van der Waals surface area contributed by atoms with Gasteiger partial charge in [0.05, 0.1) is 15.5 Å². The van der Waals surface area contributed by atoms with Crippen molar-refractivity contribution in [1.29, 1.82) is 0 Å². The molecule has 0 unspecified atom stereocenters. The first kappa shape index (κ1) is 18.2. The fourth-order valence-corrected chi connectivity index (χ4v) is 4.32. The van der Waals surface area contributed by atoms with Gasteiger partial charge in [0.15, 0.2) is 0 Å². The average molecular weight is 375 g/mol. The van der Waals surface area contributed by atoms with E-state index in [2.05, 4.69) is 4.72 Å². The zero-order chi connectivity index (χ0) is 18.9. The van der Waals surface area contributed by atoms with E-state index >= 15 is 0 Å². The summed E-state index contributed by atoms with van der Waals surface area (Å²) in [7, 11) is -3.92. The molecule has 2 aromatic rings. The van der Waals surface area contributed by atoms with E-state index < -0.39 is 14.9 Å². The molecule has 8 heteroatoms. The van der Waals surface area contributed by atoms with Crippen LogP contribution in [0.15, 0.2) is 41.3 Å². The van der Waals surface area contributed by atoms with Crippen molar-refractivity contribution in [3.8, 4) is 0 Å². The fraction of sp³-hybridized carbons (Fsp3) is 0.333. The highest BCUT2D eigenvalue weighted by atomic mass is 32.2. The fourth-order valence-electron chi connectivity index (χ4n) is 3.17. The van der Waals surface area contributed by atoms with Crippen LogP contribution in [-0.2, 0) is 10.0 Å². The zero-order valence-electron chi connectivity index (χ0n) is 14.7. The second-order valence-corrected chi connectivity index (χ2v) is 8.21. The number of nitro groups is 1. The predicted octanol–water partition coefficient (Wildman–Crippen LogP) is 3.61. The van der Waals surface area contributed by atoms with E-state index in [4.69, 9.17) is 0 Å². The molecule has 1 N–H and O–H groups in total. The van der Waals surface area contributed by atoms with Crippen molar-refractivity contribution >= 4 is 27.1 Å². The summed E-state index contributed by atoms with van der Waals surface area (Å²) in [4.78, 5) is 12.8. The highest BCUT2D eigenvalue weighted by Gasteiger charge is 2.26. The number of sulfonamides is 1. The number of nitrogens with zero attached hydrogens (tertiary/aromatic N) is 2. The lowest BCUT2D eigenvalue weighted by Gasteiger charge is -2.18. The standard InChI is InChI=1S/C18H21N3O4S/c1-13-5-7-16(14(2)11-13)19-26(24,25)15-6-8-17(18(12-15)21(22)23)20-9-3-4-10-20/h5-8,11-12,19H,3-4,9-10H2,1-2H3. The molecule has 0 aliphatic carbocycles. The van der Waals surface area contributed by atoms with Gasteiger partial charge in [-0.05, 0) is 50.5 Å². The van der Waals surface area contributed by atoms with E-state index in [1.807, 2.05) is 30.9 Å². The smallest absolute Gasteiger partial charge is 0.293 e. The molecule has 1 aliphatic rings. The topological polar surface area (TPSA) is 92.6 Å². The summed E-state index contributed by atoms with van der Waals surface area (Å²) in [5.41, 5.74) is 2.56. The summed E-state index contributed by atoms with van der Waals surface area (Å²) < 4.78 is 27.9. The van der Waals surface area contributed by atoms with Crippen molar-refractivity contribution in [3.63, 3.8) is 0 Å². The van der Waals surface area contributed by atoms with Crippen LogP contribution in [0.1, 0.15) is 24.0 Å². The van der Waals surface area contributed by atoms with Gasteiger partial charge in [-0.3, -0.25) is 14.8 Å². The van der Waals surface area contributed by atoms with E-state index in [-0.39, 0.29) is 10.6 Å². The minimum Gasteiger partial charge on any atom is -0.366 e. The molecule has 1 heterocycles. The number of hydrogen-bond acceptors (Lipinski definition) is 5. The molecule has 138 valence electrons. The van der Waals surface area contributed by atoms with Gasteiger partial charge in [0, 0.05) is 19.2 Å². The average Bonchev–Trinajstić information content (AvgIpc) is 3.11. The van der Waals surface area contributed by atoms with E-state index in [1.54, 1.807) is 6.07 Å². The van der Waals surface area contributed by atoms with E-state index in [9.17, 15) is 18.5 Å². The van der Waals surface area contributed by atoms with Gasteiger partial charge in [0.1, 0.15) is 5.69 Å². The van der Waals surface area contributed by atoms with Crippen molar-refractivity contribution < 1.29 is 13.3 Å². The summed E-state index contributed by atoms with van der Waals surface area (Å²) in [5.74, 6) is 0.